The maximum Gasteiger partial charge on any atom is 0.328 e. The zero-order valence-electron chi connectivity index (χ0n) is 21.5. The Hall–Kier alpha value is -4.42. The molecule has 5 unspecified atom stereocenters. The third-order valence-corrected chi connectivity index (χ3v) is 6.26. The van der Waals surface area contributed by atoms with Crippen LogP contribution in [0.4, 0.5) is 0 Å². The molecule has 12 heteroatoms. The number of aliphatic carboxylic acids is 1. The molecular weight excluding hydrogens is 506 g/mol. The topological polar surface area (TPSA) is 207 Å². The van der Waals surface area contributed by atoms with Gasteiger partial charge in [-0.1, -0.05) is 30.3 Å². The lowest BCUT2D eigenvalue weighted by Crippen LogP contribution is -2.58. The van der Waals surface area contributed by atoms with Crippen molar-refractivity contribution in [2.75, 3.05) is 0 Å². The fourth-order valence-corrected chi connectivity index (χ4v) is 4.03. The zero-order chi connectivity index (χ0) is 28.7. The molecule has 12 nitrogen and oxygen atoms in total. The van der Waals surface area contributed by atoms with Gasteiger partial charge in [-0.3, -0.25) is 14.4 Å². The molecule has 5 atom stereocenters. The lowest BCUT2D eigenvalue weighted by molar-refractivity contribution is -0.145. The number of aromatic nitrogens is 1. The summed E-state index contributed by atoms with van der Waals surface area (Å²) < 4.78 is 0. The second kappa shape index (κ2) is 12.9. The number of para-hydroxylation sites is 1. The van der Waals surface area contributed by atoms with E-state index >= 15 is 0 Å². The number of aliphatic hydroxyl groups excluding tert-OH is 1. The summed E-state index contributed by atoms with van der Waals surface area (Å²) in [6, 6.07) is 8.60. The van der Waals surface area contributed by atoms with Gasteiger partial charge < -0.3 is 42.0 Å². The van der Waals surface area contributed by atoms with Crippen molar-refractivity contribution in [3.63, 3.8) is 0 Å². The minimum absolute atomic E-state index is 0.00384. The molecule has 0 spiro atoms. The number of aromatic amines is 1. The molecule has 3 amide bonds. The van der Waals surface area contributed by atoms with Crippen molar-refractivity contribution in [2.24, 2.45) is 5.73 Å². The van der Waals surface area contributed by atoms with Gasteiger partial charge in [-0.2, -0.15) is 0 Å². The van der Waals surface area contributed by atoms with Crippen LogP contribution in [-0.2, 0) is 32.0 Å². The van der Waals surface area contributed by atoms with Crippen LogP contribution < -0.4 is 21.7 Å². The van der Waals surface area contributed by atoms with Crippen LogP contribution in [0.15, 0.2) is 54.7 Å². The van der Waals surface area contributed by atoms with Gasteiger partial charge in [-0.05, 0) is 49.6 Å². The average Bonchev–Trinajstić information content (AvgIpc) is 3.30. The summed E-state index contributed by atoms with van der Waals surface area (Å²) in [5.41, 5.74) is 8.42. The van der Waals surface area contributed by atoms with E-state index in [-0.39, 0.29) is 18.6 Å². The highest BCUT2D eigenvalue weighted by molar-refractivity contribution is 5.94. The van der Waals surface area contributed by atoms with E-state index in [1.165, 1.54) is 26.0 Å². The van der Waals surface area contributed by atoms with Crippen LogP contribution >= 0.6 is 0 Å². The lowest BCUT2D eigenvalue weighted by Gasteiger charge is -2.24. The van der Waals surface area contributed by atoms with Gasteiger partial charge in [0.1, 0.15) is 17.8 Å². The van der Waals surface area contributed by atoms with Gasteiger partial charge in [0.05, 0.1) is 12.1 Å². The van der Waals surface area contributed by atoms with Crippen molar-refractivity contribution in [1.82, 2.24) is 20.9 Å². The summed E-state index contributed by atoms with van der Waals surface area (Å²) in [6.07, 6.45) is 0.558. The molecule has 0 radical (unpaired) electrons. The first-order valence-electron chi connectivity index (χ1n) is 12.4. The second-order valence-electron chi connectivity index (χ2n) is 9.40. The number of fused-ring (bicyclic) bond motifs is 1. The van der Waals surface area contributed by atoms with Crippen LogP contribution in [-0.4, -0.2) is 74.3 Å². The molecule has 0 bridgehead atoms. The number of carboxylic acids is 1. The van der Waals surface area contributed by atoms with Crippen LogP contribution in [0.2, 0.25) is 0 Å². The number of amides is 3. The van der Waals surface area contributed by atoms with E-state index in [1.54, 1.807) is 18.3 Å². The molecule has 0 saturated heterocycles. The Labute approximate surface area is 224 Å². The van der Waals surface area contributed by atoms with Crippen molar-refractivity contribution in [2.45, 2.75) is 57.0 Å². The first kappa shape index (κ1) is 29.1. The first-order chi connectivity index (χ1) is 18.5. The maximum atomic E-state index is 12.9. The molecule has 3 rings (SSSR count). The number of hydrogen-bond acceptors (Lipinski definition) is 7. The van der Waals surface area contributed by atoms with Gasteiger partial charge in [0.2, 0.25) is 17.7 Å². The summed E-state index contributed by atoms with van der Waals surface area (Å²) >= 11 is 0. The van der Waals surface area contributed by atoms with E-state index < -0.39 is 54.0 Å². The number of carboxylic acid groups (broad SMARTS) is 1. The van der Waals surface area contributed by atoms with E-state index in [2.05, 4.69) is 20.9 Å². The van der Waals surface area contributed by atoms with E-state index in [0.717, 1.165) is 16.5 Å². The molecule has 0 aliphatic rings. The number of nitrogens with one attached hydrogen (secondary N) is 4. The predicted molar refractivity (Wildman–Crippen MR) is 143 cm³/mol. The minimum atomic E-state index is -1.60. The number of nitrogens with two attached hydrogens (primary N) is 1. The number of phenols is 1. The summed E-state index contributed by atoms with van der Waals surface area (Å²) in [5, 5.41) is 36.8. The number of benzene rings is 2. The summed E-state index contributed by atoms with van der Waals surface area (Å²) in [7, 11) is 0. The van der Waals surface area contributed by atoms with Crippen LogP contribution in [0.3, 0.4) is 0 Å². The van der Waals surface area contributed by atoms with Crippen molar-refractivity contribution in [3.8, 4) is 5.75 Å². The molecule has 0 aliphatic heterocycles. The van der Waals surface area contributed by atoms with E-state index in [4.69, 9.17) is 5.73 Å². The fraction of sp³-hybridized carbons (Fsp3) is 0.333. The maximum absolute atomic E-state index is 12.9. The zero-order valence-corrected chi connectivity index (χ0v) is 21.5. The molecule has 1 aromatic heterocycles. The van der Waals surface area contributed by atoms with Gasteiger partial charge in [0.25, 0.3) is 0 Å². The second-order valence-corrected chi connectivity index (χ2v) is 9.40. The highest BCUT2D eigenvalue weighted by atomic mass is 16.4. The van der Waals surface area contributed by atoms with E-state index in [1.807, 2.05) is 24.3 Å². The number of aliphatic hydroxyl groups is 1. The first-order valence-corrected chi connectivity index (χ1v) is 12.4. The minimum Gasteiger partial charge on any atom is -0.508 e. The third-order valence-electron chi connectivity index (χ3n) is 6.26. The number of rotatable bonds is 12. The molecule has 0 saturated carbocycles. The number of carbonyl (C=O) groups is 4. The number of H-pyrrole nitrogens is 1. The fourth-order valence-electron chi connectivity index (χ4n) is 4.03. The van der Waals surface area contributed by atoms with E-state index in [9.17, 15) is 34.5 Å². The summed E-state index contributed by atoms with van der Waals surface area (Å²) in [5.74, 6) is -3.56. The molecule has 0 aliphatic carbocycles. The van der Waals surface area contributed by atoms with Crippen molar-refractivity contribution in [3.05, 3.63) is 65.9 Å². The normalized spacial score (nSPS) is 15.0. The third kappa shape index (κ3) is 7.79. The summed E-state index contributed by atoms with van der Waals surface area (Å²) in [4.78, 5) is 53.2. The lowest BCUT2D eigenvalue weighted by atomic mass is 10.0. The molecule has 9 N–H and O–H groups in total. The Morgan fingerprint density at radius 1 is 0.897 bits per heavy atom. The van der Waals surface area contributed by atoms with Crippen LogP contribution in [0.25, 0.3) is 10.9 Å². The highest BCUT2D eigenvalue weighted by Crippen LogP contribution is 2.19. The Morgan fingerprint density at radius 2 is 1.56 bits per heavy atom. The number of aromatic hydroxyl groups is 1. The molecule has 0 fully saturated rings. The van der Waals surface area contributed by atoms with Crippen LogP contribution in [0, 0.1) is 0 Å². The smallest absolute Gasteiger partial charge is 0.328 e. The average molecular weight is 540 g/mol. The van der Waals surface area contributed by atoms with Crippen LogP contribution in [0.5, 0.6) is 5.75 Å². The Morgan fingerprint density at radius 3 is 2.21 bits per heavy atom. The molecular formula is C27H33N5O7. The van der Waals surface area contributed by atoms with Gasteiger partial charge in [-0.15, -0.1) is 0 Å². The number of phenolic OH excluding ortho intramolecular Hbond substituents is 1. The van der Waals surface area contributed by atoms with Gasteiger partial charge >= 0.3 is 5.97 Å². The van der Waals surface area contributed by atoms with Gasteiger partial charge in [-0.25, -0.2) is 4.79 Å². The van der Waals surface area contributed by atoms with Crippen LogP contribution in [0.1, 0.15) is 25.0 Å². The number of hydrogen-bond donors (Lipinski definition) is 8. The predicted octanol–water partition coefficient (Wildman–Crippen LogP) is -0.0743. The molecule has 2 aromatic carbocycles. The van der Waals surface area contributed by atoms with Gasteiger partial charge in [0.15, 0.2) is 6.04 Å². The Balaban J connectivity index is 1.67. The SMILES string of the molecule is CC(NC(=O)C(N)Cc1c[nH]c2ccccc12)C(=O)NC(Cc1ccc(O)cc1)C(=O)NC(C(=O)O)C(C)O. The van der Waals surface area contributed by atoms with Gasteiger partial charge in [0, 0.05) is 23.5 Å². The van der Waals surface area contributed by atoms with Crippen molar-refractivity contribution in [1.29, 1.82) is 0 Å². The monoisotopic (exact) mass is 539 g/mol. The molecule has 3 aromatic rings. The summed E-state index contributed by atoms with van der Waals surface area (Å²) in [6.45, 7) is 2.64. The Kier molecular flexibility index (Phi) is 9.63. The number of carbonyl (C=O) groups excluding carboxylic acids is 3. The highest BCUT2D eigenvalue weighted by Gasteiger charge is 2.31. The van der Waals surface area contributed by atoms with Crippen molar-refractivity contribution < 1.29 is 34.5 Å². The van der Waals surface area contributed by atoms with Crippen molar-refractivity contribution >= 4 is 34.6 Å². The van der Waals surface area contributed by atoms with E-state index in [0.29, 0.717) is 5.56 Å². The quantitative estimate of drug-likeness (QED) is 0.156. The molecule has 39 heavy (non-hydrogen) atoms. The largest absolute Gasteiger partial charge is 0.508 e. The Bertz CT molecular complexity index is 1320. The standard InChI is InChI=1S/C27H33N5O7/c1-14(30-25(36)20(28)12-17-13-29-21-6-4-3-5-19(17)21)24(35)31-22(11-16-7-9-18(34)10-8-16)26(37)32-23(15(2)33)27(38)39/h3-10,13-15,20,22-23,29,33-34H,11-12,28H2,1-2H3,(H,30,36)(H,31,35)(H,32,37)(H,38,39). The molecule has 208 valence electrons. The molecule has 1 heterocycles.